The maximum atomic E-state index is 12.8. The van der Waals surface area contributed by atoms with Gasteiger partial charge in [-0.15, -0.1) is 5.10 Å². The minimum absolute atomic E-state index is 0.0226. The first-order valence-corrected chi connectivity index (χ1v) is 5.24. The van der Waals surface area contributed by atoms with Crippen LogP contribution in [0.1, 0.15) is 30.7 Å². The Morgan fingerprint density at radius 1 is 1.56 bits per heavy atom. The molecule has 0 radical (unpaired) electrons. The average molecular weight is 232 g/mol. The van der Waals surface area contributed by atoms with Crippen LogP contribution in [0.15, 0.2) is 0 Å². The molecule has 1 saturated heterocycles. The van der Waals surface area contributed by atoms with Gasteiger partial charge in [0, 0.05) is 13.2 Å². The van der Waals surface area contributed by atoms with Crippen LogP contribution in [0, 0.1) is 0 Å². The van der Waals surface area contributed by atoms with Gasteiger partial charge in [0.05, 0.1) is 12.6 Å². The lowest BCUT2D eigenvalue weighted by molar-refractivity contribution is 0.0850. The Kier molecular flexibility index (Phi) is 3.45. The predicted molar refractivity (Wildman–Crippen MR) is 51.8 cm³/mol. The van der Waals surface area contributed by atoms with Crippen molar-refractivity contribution in [1.82, 2.24) is 15.0 Å². The van der Waals surface area contributed by atoms with Crippen LogP contribution in [0.5, 0.6) is 0 Å². The van der Waals surface area contributed by atoms with Crippen LogP contribution < -0.4 is 5.73 Å². The molecule has 2 heterocycles. The molecule has 2 N–H and O–H groups in total. The summed E-state index contributed by atoms with van der Waals surface area (Å²) in [4.78, 5) is 0. The second-order valence-electron chi connectivity index (χ2n) is 3.74. The first-order valence-electron chi connectivity index (χ1n) is 5.24. The standard InChI is InChI=1S/C9H14F2N4O/c10-9(11)8-7(4-12)13-14-15(8)5-6-2-1-3-16-6/h6,9H,1-5,12H2. The van der Waals surface area contributed by atoms with E-state index in [9.17, 15) is 8.78 Å². The van der Waals surface area contributed by atoms with Crippen molar-refractivity contribution in [3.05, 3.63) is 11.4 Å². The van der Waals surface area contributed by atoms with Gasteiger partial charge in [-0.25, -0.2) is 13.5 Å². The summed E-state index contributed by atoms with van der Waals surface area (Å²) in [5.74, 6) is 0. The van der Waals surface area contributed by atoms with E-state index in [1.165, 1.54) is 4.68 Å². The molecule has 1 aliphatic heterocycles. The summed E-state index contributed by atoms with van der Waals surface area (Å²) in [6.07, 6.45) is -0.798. The van der Waals surface area contributed by atoms with Gasteiger partial charge >= 0.3 is 0 Å². The third kappa shape index (κ3) is 2.19. The molecule has 5 nitrogen and oxygen atoms in total. The first-order chi connectivity index (χ1) is 7.72. The normalized spacial score (nSPS) is 20.9. The highest BCUT2D eigenvalue weighted by Gasteiger charge is 2.24. The Bertz CT molecular complexity index is 349. The minimum Gasteiger partial charge on any atom is -0.376 e. The van der Waals surface area contributed by atoms with Gasteiger partial charge in [0.2, 0.25) is 0 Å². The molecular weight excluding hydrogens is 218 g/mol. The topological polar surface area (TPSA) is 66.0 Å². The number of ether oxygens (including phenoxy) is 1. The molecule has 0 bridgehead atoms. The zero-order valence-electron chi connectivity index (χ0n) is 8.77. The van der Waals surface area contributed by atoms with Crippen LogP contribution in [0.4, 0.5) is 8.78 Å². The lowest BCUT2D eigenvalue weighted by Crippen LogP contribution is -2.18. The summed E-state index contributed by atoms with van der Waals surface area (Å²) < 4.78 is 32.2. The van der Waals surface area contributed by atoms with Gasteiger partial charge in [-0.3, -0.25) is 0 Å². The van der Waals surface area contributed by atoms with E-state index < -0.39 is 6.43 Å². The number of nitrogens with zero attached hydrogens (tertiary/aromatic N) is 3. The molecular formula is C9H14F2N4O. The van der Waals surface area contributed by atoms with Crippen molar-refractivity contribution >= 4 is 0 Å². The Hall–Kier alpha value is -1.08. The number of hydrogen-bond donors (Lipinski definition) is 1. The summed E-state index contributed by atoms with van der Waals surface area (Å²) in [5.41, 5.74) is 5.31. The summed E-state index contributed by atoms with van der Waals surface area (Å²) in [7, 11) is 0. The lowest BCUT2D eigenvalue weighted by atomic mass is 10.2. The second kappa shape index (κ2) is 4.84. The monoisotopic (exact) mass is 232 g/mol. The molecule has 0 aromatic carbocycles. The molecule has 0 aliphatic carbocycles. The zero-order valence-corrected chi connectivity index (χ0v) is 8.77. The van der Waals surface area contributed by atoms with Gasteiger partial charge in [-0.2, -0.15) is 0 Å². The Balaban J connectivity index is 2.15. The highest BCUT2D eigenvalue weighted by Crippen LogP contribution is 2.23. The van der Waals surface area contributed by atoms with Crippen LogP contribution in [-0.4, -0.2) is 27.7 Å². The third-order valence-electron chi connectivity index (χ3n) is 2.65. The lowest BCUT2D eigenvalue weighted by Gasteiger charge is -2.11. The van der Waals surface area contributed by atoms with Crippen molar-refractivity contribution in [2.24, 2.45) is 5.73 Å². The van der Waals surface area contributed by atoms with Crippen molar-refractivity contribution in [1.29, 1.82) is 0 Å². The van der Waals surface area contributed by atoms with E-state index in [1.54, 1.807) is 0 Å². The van der Waals surface area contributed by atoms with Crippen molar-refractivity contribution < 1.29 is 13.5 Å². The van der Waals surface area contributed by atoms with Crippen molar-refractivity contribution in [3.63, 3.8) is 0 Å². The number of rotatable bonds is 4. The maximum Gasteiger partial charge on any atom is 0.281 e. The summed E-state index contributed by atoms with van der Waals surface area (Å²) in [6, 6.07) is 0. The molecule has 0 amide bonds. The maximum absolute atomic E-state index is 12.8. The minimum atomic E-state index is -2.60. The molecule has 1 aliphatic rings. The number of alkyl halides is 2. The number of nitrogens with two attached hydrogens (primary N) is 1. The molecule has 7 heteroatoms. The highest BCUT2D eigenvalue weighted by atomic mass is 19.3. The molecule has 90 valence electrons. The molecule has 16 heavy (non-hydrogen) atoms. The largest absolute Gasteiger partial charge is 0.376 e. The van der Waals surface area contributed by atoms with E-state index in [2.05, 4.69) is 10.3 Å². The van der Waals surface area contributed by atoms with E-state index in [-0.39, 0.29) is 24.0 Å². The molecule has 1 fully saturated rings. The van der Waals surface area contributed by atoms with Crippen molar-refractivity contribution in [3.8, 4) is 0 Å². The molecule has 1 aromatic rings. The van der Waals surface area contributed by atoms with Crippen LogP contribution in [0.25, 0.3) is 0 Å². The number of hydrogen-bond acceptors (Lipinski definition) is 4. The van der Waals surface area contributed by atoms with E-state index in [4.69, 9.17) is 10.5 Å². The Morgan fingerprint density at radius 3 is 2.94 bits per heavy atom. The van der Waals surface area contributed by atoms with E-state index in [0.717, 1.165) is 12.8 Å². The fourth-order valence-corrected chi connectivity index (χ4v) is 1.86. The van der Waals surface area contributed by atoms with Gasteiger partial charge in [0.1, 0.15) is 11.4 Å². The predicted octanol–water partition coefficient (Wildman–Crippen LogP) is 0.853. The summed E-state index contributed by atoms with van der Waals surface area (Å²) in [6.45, 7) is 0.991. The summed E-state index contributed by atoms with van der Waals surface area (Å²) in [5, 5.41) is 7.35. The van der Waals surface area contributed by atoms with Gasteiger partial charge in [0.15, 0.2) is 0 Å². The number of aromatic nitrogens is 3. The quantitative estimate of drug-likeness (QED) is 0.835. The third-order valence-corrected chi connectivity index (χ3v) is 2.65. The van der Waals surface area contributed by atoms with Gasteiger partial charge < -0.3 is 10.5 Å². The molecule has 0 spiro atoms. The van der Waals surface area contributed by atoms with Crippen LogP contribution in [0.3, 0.4) is 0 Å². The van der Waals surface area contributed by atoms with Crippen LogP contribution >= 0.6 is 0 Å². The van der Waals surface area contributed by atoms with Gasteiger partial charge in [0.25, 0.3) is 6.43 Å². The van der Waals surface area contributed by atoms with Gasteiger partial charge in [-0.1, -0.05) is 5.21 Å². The molecule has 1 unspecified atom stereocenters. The molecule has 1 atom stereocenters. The fourth-order valence-electron chi connectivity index (χ4n) is 1.86. The molecule has 0 saturated carbocycles. The highest BCUT2D eigenvalue weighted by molar-refractivity contribution is 5.11. The summed E-state index contributed by atoms with van der Waals surface area (Å²) >= 11 is 0. The second-order valence-corrected chi connectivity index (χ2v) is 3.74. The van der Waals surface area contributed by atoms with E-state index in [1.807, 2.05) is 0 Å². The zero-order chi connectivity index (χ0) is 11.5. The number of halogens is 2. The average Bonchev–Trinajstić information content (AvgIpc) is 2.87. The van der Waals surface area contributed by atoms with Crippen molar-refractivity contribution in [2.75, 3.05) is 6.61 Å². The molecule has 1 aromatic heterocycles. The van der Waals surface area contributed by atoms with E-state index in [0.29, 0.717) is 13.2 Å². The fraction of sp³-hybridized carbons (Fsp3) is 0.778. The van der Waals surface area contributed by atoms with Crippen LogP contribution in [-0.2, 0) is 17.8 Å². The van der Waals surface area contributed by atoms with Crippen LogP contribution in [0.2, 0.25) is 0 Å². The SMILES string of the molecule is NCc1nnn(CC2CCCO2)c1C(F)F. The van der Waals surface area contributed by atoms with Crippen molar-refractivity contribution in [2.45, 2.75) is 38.5 Å². The first kappa shape index (κ1) is 11.4. The Morgan fingerprint density at radius 2 is 2.38 bits per heavy atom. The Labute approximate surface area is 91.6 Å². The van der Waals surface area contributed by atoms with E-state index >= 15 is 0 Å². The molecule has 2 rings (SSSR count). The smallest absolute Gasteiger partial charge is 0.281 e. The van der Waals surface area contributed by atoms with Gasteiger partial charge in [-0.05, 0) is 12.8 Å².